The maximum Gasteiger partial charge on any atom is 0.270 e. The Morgan fingerprint density at radius 2 is 2.28 bits per heavy atom. The molecule has 6 heteroatoms. The van der Waals surface area contributed by atoms with Crippen LogP contribution in [0.1, 0.15) is 34.9 Å². The molecule has 1 aromatic carbocycles. The first kappa shape index (κ1) is 12.0. The van der Waals surface area contributed by atoms with Gasteiger partial charge in [-0.15, -0.1) is 0 Å². The summed E-state index contributed by atoms with van der Waals surface area (Å²) in [6.45, 7) is 2.32. The molecule has 0 aliphatic carbocycles. The van der Waals surface area contributed by atoms with E-state index in [1.165, 1.54) is 18.3 Å². The molecule has 1 N–H and O–H groups in total. The summed E-state index contributed by atoms with van der Waals surface area (Å²) < 4.78 is 32.0. The molecule has 3 rings (SSSR count). The highest BCUT2D eigenvalue weighted by atomic mass is 16.1. The van der Waals surface area contributed by atoms with Crippen LogP contribution in [0.2, 0.25) is 0 Å². The van der Waals surface area contributed by atoms with Crippen LogP contribution in [-0.2, 0) is 0 Å². The molecule has 0 unspecified atom stereocenters. The Bertz CT molecular complexity index is 1080. The average molecular weight is 335 g/mol. The molecule has 25 heavy (non-hydrogen) atoms. The number of aromatic nitrogens is 1. The number of carbonyl (C=O) groups excluding carboxylic acids is 1. The largest absolute Gasteiger partial charge is 0.346 e. The number of benzene rings is 1. The second-order valence-electron chi connectivity index (χ2n) is 5.80. The van der Waals surface area contributed by atoms with Crippen molar-refractivity contribution in [1.82, 2.24) is 15.2 Å². The number of nitrogens with one attached hydrogen (secondary N) is 1. The van der Waals surface area contributed by atoms with E-state index in [0.717, 1.165) is 0 Å². The summed E-state index contributed by atoms with van der Waals surface area (Å²) in [5.74, 6) is -0.453. The van der Waals surface area contributed by atoms with Gasteiger partial charge in [0.25, 0.3) is 5.91 Å². The molecule has 0 radical (unpaired) electrons. The van der Waals surface area contributed by atoms with Crippen molar-refractivity contribution in [3.05, 3.63) is 53.8 Å². The maximum absolute atomic E-state index is 12.6. The van der Waals surface area contributed by atoms with Crippen molar-refractivity contribution in [2.45, 2.75) is 25.4 Å². The molecule has 1 aliphatic heterocycles. The van der Waals surface area contributed by atoms with Crippen molar-refractivity contribution in [2.75, 3.05) is 6.54 Å². The quantitative estimate of drug-likeness (QED) is 0.869. The number of carbonyl (C=O) groups is 1. The second kappa shape index (κ2) is 7.02. The summed E-state index contributed by atoms with van der Waals surface area (Å²) in [7, 11) is 0. The lowest BCUT2D eigenvalue weighted by Gasteiger charge is -2.12. The van der Waals surface area contributed by atoms with E-state index in [1.54, 1.807) is 11.0 Å². The Labute approximate surface area is 151 Å². The summed E-state index contributed by atoms with van der Waals surface area (Å²) in [4.78, 5) is 18.2. The van der Waals surface area contributed by atoms with Gasteiger partial charge in [0, 0.05) is 24.8 Å². The van der Waals surface area contributed by atoms with Crippen LogP contribution in [-0.4, -0.2) is 34.4 Å². The lowest BCUT2D eigenvalue weighted by atomic mass is 10.0. The van der Waals surface area contributed by atoms with E-state index in [4.69, 9.17) is 10.7 Å². The molecule has 1 fully saturated rings. The second-order valence-corrected chi connectivity index (χ2v) is 5.80. The summed E-state index contributed by atoms with van der Waals surface area (Å²) in [5, 5.41) is 21.1. The van der Waals surface area contributed by atoms with Crippen molar-refractivity contribution < 1.29 is 10.3 Å². The van der Waals surface area contributed by atoms with E-state index < -0.39 is 18.0 Å². The molecule has 1 aliphatic rings. The lowest BCUT2D eigenvalue weighted by Crippen LogP contribution is -2.36. The number of likely N-dealkylation sites (tertiary alicyclic amines) is 1. The molecule has 1 aromatic heterocycles. The molecule has 2 atom stereocenters. The number of nitrogens with zero attached hydrogens (tertiary/aromatic N) is 4. The Morgan fingerprint density at radius 1 is 1.44 bits per heavy atom. The smallest absolute Gasteiger partial charge is 0.270 e. The predicted octanol–water partition coefficient (Wildman–Crippen LogP) is 2.29. The van der Waals surface area contributed by atoms with Crippen LogP contribution in [0.25, 0.3) is 11.1 Å². The van der Waals surface area contributed by atoms with E-state index in [9.17, 15) is 10.1 Å². The van der Waals surface area contributed by atoms with Crippen molar-refractivity contribution in [3.8, 4) is 23.4 Å². The van der Waals surface area contributed by atoms with E-state index >= 15 is 0 Å². The summed E-state index contributed by atoms with van der Waals surface area (Å²) in [5.41, 5.74) is 0.0671. The highest BCUT2D eigenvalue weighted by Crippen LogP contribution is 2.21. The van der Waals surface area contributed by atoms with Gasteiger partial charge in [0.1, 0.15) is 5.69 Å². The first-order valence-electron chi connectivity index (χ1n) is 9.72. The zero-order valence-corrected chi connectivity index (χ0v) is 13.5. The molecule has 6 nitrogen and oxygen atoms in total. The van der Waals surface area contributed by atoms with Crippen LogP contribution < -0.4 is 5.32 Å². The van der Waals surface area contributed by atoms with Crippen LogP contribution in [0.3, 0.4) is 0 Å². The van der Waals surface area contributed by atoms with E-state index in [-0.39, 0.29) is 41.0 Å². The standard InChI is InChI=1S/C19H17N5O/c1-13-7-17(11-24(13)12-21)23-19(25)18-9-16(5-6-22-18)15-4-2-3-14(8-15)10-20/h2-6,8-9,13,17H,7,11H2,1H3,(H,23,25)/t13-,17-/m1/s1/i2D,3D,4D,8D. The SMILES string of the molecule is [2H]c1c([2H])c(C#N)c([2H])c(-c2ccnc(C(=O)N[C@@H]3C[C@@H](C)N(C#N)C3)c2)c1[2H]. The molecule has 2 heterocycles. The van der Waals surface area contributed by atoms with Gasteiger partial charge in [-0.05, 0) is 48.7 Å². The van der Waals surface area contributed by atoms with Gasteiger partial charge in [-0.3, -0.25) is 9.78 Å². The molecule has 124 valence electrons. The van der Waals surface area contributed by atoms with E-state index in [2.05, 4.69) is 16.5 Å². The molecular weight excluding hydrogens is 314 g/mol. The third kappa shape index (κ3) is 3.59. The van der Waals surface area contributed by atoms with Crippen molar-refractivity contribution in [1.29, 1.82) is 10.5 Å². The minimum absolute atomic E-state index is 0.00384. The van der Waals surface area contributed by atoms with Gasteiger partial charge in [0.15, 0.2) is 6.19 Å². The highest BCUT2D eigenvalue weighted by Gasteiger charge is 2.29. The maximum atomic E-state index is 12.6. The number of amides is 1. The van der Waals surface area contributed by atoms with Gasteiger partial charge in [-0.2, -0.15) is 10.5 Å². The Hall–Kier alpha value is -3.38. The molecule has 1 saturated heterocycles. The fourth-order valence-corrected chi connectivity index (χ4v) is 2.79. The van der Waals surface area contributed by atoms with Crippen LogP contribution in [0.5, 0.6) is 0 Å². The van der Waals surface area contributed by atoms with Crippen molar-refractivity contribution in [2.24, 2.45) is 0 Å². The zero-order valence-electron chi connectivity index (χ0n) is 17.5. The van der Waals surface area contributed by atoms with Crippen molar-refractivity contribution in [3.63, 3.8) is 0 Å². The first-order chi connectivity index (χ1) is 13.8. The molecule has 0 spiro atoms. The highest BCUT2D eigenvalue weighted by molar-refractivity contribution is 5.93. The number of nitriles is 2. The van der Waals surface area contributed by atoms with Gasteiger partial charge in [-0.25, -0.2) is 0 Å². The number of hydrogen-bond donors (Lipinski definition) is 1. The Balaban J connectivity index is 1.94. The Morgan fingerprint density at radius 3 is 3.00 bits per heavy atom. The number of pyridine rings is 1. The fourth-order valence-electron chi connectivity index (χ4n) is 2.79. The monoisotopic (exact) mass is 335 g/mol. The van der Waals surface area contributed by atoms with Gasteiger partial charge >= 0.3 is 0 Å². The predicted molar refractivity (Wildman–Crippen MR) is 92.0 cm³/mol. The number of hydrogen-bond acceptors (Lipinski definition) is 5. The summed E-state index contributed by atoms with van der Waals surface area (Å²) in [6, 6.07) is 2.85. The molecule has 0 saturated carbocycles. The third-order valence-corrected chi connectivity index (χ3v) is 4.06. The summed E-state index contributed by atoms with van der Waals surface area (Å²) >= 11 is 0. The number of rotatable bonds is 3. The first-order valence-corrected chi connectivity index (χ1v) is 7.72. The lowest BCUT2D eigenvalue weighted by molar-refractivity contribution is 0.0934. The van der Waals surface area contributed by atoms with Crippen molar-refractivity contribution >= 4 is 5.91 Å². The van der Waals surface area contributed by atoms with Crippen LogP contribution >= 0.6 is 0 Å². The van der Waals surface area contributed by atoms with Gasteiger partial charge < -0.3 is 10.2 Å². The zero-order chi connectivity index (χ0) is 21.3. The molecule has 1 amide bonds. The van der Waals surface area contributed by atoms with E-state index in [0.29, 0.717) is 18.5 Å². The minimum atomic E-state index is -0.462. The molecule has 0 bridgehead atoms. The van der Waals surface area contributed by atoms with E-state index in [1.807, 2.05) is 6.92 Å². The fraction of sp³-hybridized carbons (Fsp3) is 0.263. The van der Waals surface area contributed by atoms with Crippen LogP contribution in [0.15, 0.2) is 42.5 Å². The normalized spacial score (nSPS) is 21.3. The van der Waals surface area contributed by atoms with Crippen LogP contribution in [0, 0.1) is 22.8 Å². The van der Waals surface area contributed by atoms with Crippen LogP contribution in [0.4, 0.5) is 0 Å². The van der Waals surface area contributed by atoms with Gasteiger partial charge in [0.05, 0.1) is 17.1 Å². The topological polar surface area (TPSA) is 92.8 Å². The Kier molecular flexibility index (Phi) is 3.38. The van der Waals surface area contributed by atoms with Gasteiger partial charge in [0.2, 0.25) is 0 Å². The summed E-state index contributed by atoms with van der Waals surface area (Å²) in [6.07, 6.45) is 4.07. The third-order valence-electron chi connectivity index (χ3n) is 4.06. The molecular formula is C19H17N5O. The minimum Gasteiger partial charge on any atom is -0.346 e. The van der Waals surface area contributed by atoms with Gasteiger partial charge in [-0.1, -0.05) is 12.1 Å². The average Bonchev–Trinajstić information content (AvgIpc) is 3.06. The molecule has 2 aromatic rings.